The van der Waals surface area contributed by atoms with Gasteiger partial charge in [-0.1, -0.05) is 44.2 Å². The van der Waals surface area contributed by atoms with Crippen LogP contribution in [0.4, 0.5) is 0 Å². The van der Waals surface area contributed by atoms with E-state index in [9.17, 15) is 15.2 Å². The normalized spacial score (nSPS) is 33.2. The van der Waals surface area contributed by atoms with Crippen molar-refractivity contribution in [2.75, 3.05) is 0 Å². The van der Waals surface area contributed by atoms with Crippen LogP contribution in [0.1, 0.15) is 38.4 Å². The van der Waals surface area contributed by atoms with Crippen LogP contribution in [0.3, 0.4) is 0 Å². The lowest BCUT2D eigenvalue weighted by atomic mass is 9.60. The average Bonchev–Trinajstić information content (AvgIpc) is 2.97. The van der Waals surface area contributed by atoms with E-state index in [0.29, 0.717) is 17.9 Å². The Morgan fingerprint density at radius 1 is 1.23 bits per heavy atom. The van der Waals surface area contributed by atoms with E-state index in [1.54, 1.807) is 12.3 Å². The summed E-state index contributed by atoms with van der Waals surface area (Å²) in [6.45, 7) is 6.11. The van der Waals surface area contributed by atoms with Gasteiger partial charge in [0.2, 0.25) is 0 Å². The van der Waals surface area contributed by atoms with Crippen molar-refractivity contribution in [3.8, 4) is 17.2 Å². The fraction of sp³-hybridized carbons (Fsp3) is 0.400. The molecular formula is C25H26N2O3. The molecule has 0 amide bonds. The van der Waals surface area contributed by atoms with Crippen molar-refractivity contribution in [1.82, 2.24) is 4.98 Å². The van der Waals surface area contributed by atoms with Crippen molar-refractivity contribution in [3.63, 3.8) is 0 Å². The Bertz CT molecular complexity index is 1020. The minimum atomic E-state index is -1.40. The number of fused-ring (bicyclic) bond motifs is 1. The molecule has 1 saturated carbocycles. The third kappa shape index (κ3) is 3.32. The summed E-state index contributed by atoms with van der Waals surface area (Å²) >= 11 is 0. The molecule has 2 aliphatic rings. The number of rotatable bonds is 3. The Hall–Kier alpha value is -2.97. The van der Waals surface area contributed by atoms with Gasteiger partial charge >= 0.3 is 5.97 Å². The first-order valence-electron chi connectivity index (χ1n) is 10.4. The van der Waals surface area contributed by atoms with E-state index in [1.165, 1.54) is 0 Å². The number of ether oxygens (including phenoxy) is 1. The Balaban J connectivity index is 1.60. The number of pyridine rings is 1. The number of carbonyl (C=O) groups excluding carboxylic acids is 1. The van der Waals surface area contributed by atoms with Gasteiger partial charge in [0, 0.05) is 23.2 Å². The number of esters is 1. The van der Waals surface area contributed by atoms with Crippen molar-refractivity contribution in [2.45, 2.75) is 38.9 Å². The van der Waals surface area contributed by atoms with Gasteiger partial charge in [-0.05, 0) is 49.3 Å². The first kappa shape index (κ1) is 20.3. The van der Waals surface area contributed by atoms with Gasteiger partial charge in [-0.25, -0.2) is 4.79 Å². The molecule has 5 heteroatoms. The van der Waals surface area contributed by atoms with Crippen molar-refractivity contribution in [1.29, 1.82) is 5.26 Å². The highest BCUT2D eigenvalue weighted by Crippen LogP contribution is 2.51. The summed E-state index contributed by atoms with van der Waals surface area (Å²) in [5.41, 5.74) is 1.75. The maximum absolute atomic E-state index is 12.3. The van der Waals surface area contributed by atoms with Crippen LogP contribution in [0.5, 0.6) is 0 Å². The zero-order chi connectivity index (χ0) is 21.5. The number of hydrogen-bond donors (Lipinski definition) is 1. The van der Waals surface area contributed by atoms with Gasteiger partial charge in [0.25, 0.3) is 0 Å². The summed E-state index contributed by atoms with van der Waals surface area (Å²) in [5, 5.41) is 20.4. The summed E-state index contributed by atoms with van der Waals surface area (Å²) in [4.78, 5) is 16.8. The third-order valence-electron chi connectivity index (χ3n) is 6.89. The number of benzene rings is 1. The number of allylic oxidation sites excluding steroid dienone is 1. The number of aliphatic hydroxyl groups is 1. The van der Waals surface area contributed by atoms with Gasteiger partial charge in [-0.2, -0.15) is 5.26 Å². The summed E-state index contributed by atoms with van der Waals surface area (Å²) in [7, 11) is 0. The maximum atomic E-state index is 12.3. The molecule has 1 aliphatic carbocycles. The number of hydrogen-bond acceptors (Lipinski definition) is 5. The van der Waals surface area contributed by atoms with E-state index in [-0.39, 0.29) is 23.9 Å². The predicted octanol–water partition coefficient (Wildman–Crippen LogP) is 4.22. The van der Waals surface area contributed by atoms with Gasteiger partial charge < -0.3 is 9.84 Å². The van der Waals surface area contributed by atoms with Crippen LogP contribution in [-0.4, -0.2) is 27.8 Å². The quantitative estimate of drug-likeness (QED) is 0.777. The first-order chi connectivity index (χ1) is 14.3. The van der Waals surface area contributed by atoms with E-state index in [2.05, 4.69) is 31.0 Å². The summed E-state index contributed by atoms with van der Waals surface area (Å²) in [6.07, 6.45) is 5.92. The van der Waals surface area contributed by atoms with Crippen LogP contribution in [0, 0.1) is 35.0 Å². The van der Waals surface area contributed by atoms with Crippen LogP contribution in [0.25, 0.3) is 17.2 Å². The molecule has 1 N–H and O–H groups in total. The lowest BCUT2D eigenvalue weighted by Gasteiger charge is -2.44. The molecule has 5 nitrogen and oxygen atoms in total. The van der Waals surface area contributed by atoms with Gasteiger partial charge in [-0.3, -0.25) is 4.98 Å². The fourth-order valence-corrected chi connectivity index (χ4v) is 5.10. The highest BCUT2D eigenvalue weighted by molar-refractivity contribution is 5.82. The lowest BCUT2D eigenvalue weighted by molar-refractivity contribution is -0.160. The monoisotopic (exact) mass is 402 g/mol. The van der Waals surface area contributed by atoms with Gasteiger partial charge in [0.05, 0.1) is 17.3 Å². The van der Waals surface area contributed by atoms with E-state index in [0.717, 1.165) is 16.8 Å². The molecule has 154 valence electrons. The van der Waals surface area contributed by atoms with Crippen LogP contribution in [0.15, 0.2) is 48.7 Å². The predicted molar refractivity (Wildman–Crippen MR) is 114 cm³/mol. The topological polar surface area (TPSA) is 83.2 Å². The molecule has 6 atom stereocenters. The average molecular weight is 402 g/mol. The molecule has 2 fully saturated rings. The number of cyclic esters (lactones) is 1. The molecular weight excluding hydrogens is 376 g/mol. The number of carbonyl (C=O) groups is 1. The van der Waals surface area contributed by atoms with E-state index >= 15 is 0 Å². The number of nitrogens with zero attached hydrogens (tertiary/aromatic N) is 2. The van der Waals surface area contributed by atoms with E-state index in [4.69, 9.17) is 4.74 Å². The standard InChI is InChI=1S/C25H26N2O3/c1-15-12-25(29)23(17(3)30-24(25)28)21(16(15)2)11-10-20-9-8-19(14-27-20)22-7-5-4-6-18(22)13-26/h4-11,14-17,21,23,29H,12H2,1-3H3/t15-,16+,17+,21?,23-,25-/m0/s1. The second-order valence-corrected chi connectivity index (χ2v) is 8.67. The molecule has 1 aromatic carbocycles. The Morgan fingerprint density at radius 2 is 2.00 bits per heavy atom. The Labute approximate surface area is 177 Å². The number of nitriles is 1. The van der Waals surface area contributed by atoms with Gasteiger partial charge in [-0.15, -0.1) is 0 Å². The zero-order valence-electron chi connectivity index (χ0n) is 17.4. The van der Waals surface area contributed by atoms with Crippen LogP contribution < -0.4 is 0 Å². The lowest BCUT2D eigenvalue weighted by Crippen LogP contribution is -2.52. The molecule has 2 aromatic rings. The molecule has 0 radical (unpaired) electrons. The second-order valence-electron chi connectivity index (χ2n) is 8.67. The third-order valence-corrected chi connectivity index (χ3v) is 6.89. The highest BCUT2D eigenvalue weighted by atomic mass is 16.6. The largest absolute Gasteiger partial charge is 0.460 e. The zero-order valence-corrected chi connectivity index (χ0v) is 17.4. The molecule has 0 spiro atoms. The fourth-order valence-electron chi connectivity index (χ4n) is 5.10. The summed E-state index contributed by atoms with van der Waals surface area (Å²) < 4.78 is 5.41. The smallest absolute Gasteiger partial charge is 0.338 e. The van der Waals surface area contributed by atoms with Crippen LogP contribution in [0.2, 0.25) is 0 Å². The van der Waals surface area contributed by atoms with Crippen molar-refractivity contribution >= 4 is 12.0 Å². The molecule has 4 rings (SSSR count). The van der Waals surface area contributed by atoms with Crippen LogP contribution >= 0.6 is 0 Å². The van der Waals surface area contributed by atoms with E-state index < -0.39 is 11.6 Å². The first-order valence-corrected chi connectivity index (χ1v) is 10.4. The molecule has 1 saturated heterocycles. The minimum absolute atomic E-state index is 0.0148. The molecule has 1 aromatic heterocycles. The molecule has 1 unspecified atom stereocenters. The second kappa shape index (κ2) is 7.70. The maximum Gasteiger partial charge on any atom is 0.338 e. The minimum Gasteiger partial charge on any atom is -0.460 e. The Kier molecular flexibility index (Phi) is 5.21. The summed E-state index contributed by atoms with van der Waals surface area (Å²) in [6, 6.07) is 13.5. The van der Waals surface area contributed by atoms with Gasteiger partial charge in [0.15, 0.2) is 5.60 Å². The Morgan fingerprint density at radius 3 is 2.70 bits per heavy atom. The molecule has 30 heavy (non-hydrogen) atoms. The SMILES string of the molecule is C[C@H]1C[C@@]2(O)C(=O)O[C@H](C)[C@H]2C(C=Cc2ccc(-c3ccccc3C#N)cn2)[C@@H]1C. The molecule has 2 heterocycles. The van der Waals surface area contributed by atoms with Crippen molar-refractivity contribution < 1.29 is 14.6 Å². The summed E-state index contributed by atoms with van der Waals surface area (Å²) in [5.74, 6) is -0.215. The molecule has 0 bridgehead atoms. The highest BCUT2D eigenvalue weighted by Gasteiger charge is 2.61. The van der Waals surface area contributed by atoms with Crippen molar-refractivity contribution in [3.05, 3.63) is 59.9 Å². The van der Waals surface area contributed by atoms with Crippen LogP contribution in [-0.2, 0) is 9.53 Å². The van der Waals surface area contributed by atoms with Gasteiger partial charge in [0.1, 0.15) is 6.10 Å². The van der Waals surface area contributed by atoms with E-state index in [1.807, 2.05) is 43.3 Å². The molecule has 1 aliphatic heterocycles. The number of aromatic nitrogens is 1. The van der Waals surface area contributed by atoms with Crippen molar-refractivity contribution in [2.24, 2.45) is 23.7 Å².